The second-order valence-corrected chi connectivity index (χ2v) is 12.8. The Morgan fingerprint density at radius 1 is 0.800 bits per heavy atom. The van der Waals surface area contributed by atoms with E-state index in [1.54, 1.807) is 0 Å². The van der Waals surface area contributed by atoms with Gasteiger partial charge in [0.25, 0.3) is 0 Å². The summed E-state index contributed by atoms with van der Waals surface area (Å²) >= 11 is 0. The third-order valence-corrected chi connectivity index (χ3v) is 11.5. The lowest BCUT2D eigenvalue weighted by Crippen LogP contribution is -2.42. The van der Waals surface area contributed by atoms with E-state index in [1.165, 1.54) is 44.9 Å². The quantitative estimate of drug-likeness (QED) is 0.510. The molecule has 0 bridgehead atoms. The number of rotatable bonds is 1. The standard InChI is InChI=1S/C14H30Si/c1-14(2,3)15(4,5)13-11-9-7-6-8-10-12-13/h13H,6-12H2,1-5H3. The van der Waals surface area contributed by atoms with Crippen LogP contribution in [0.2, 0.25) is 23.7 Å². The van der Waals surface area contributed by atoms with Crippen LogP contribution in [0.25, 0.3) is 0 Å². The highest BCUT2D eigenvalue weighted by Gasteiger charge is 2.41. The fraction of sp³-hybridized carbons (Fsp3) is 1.00. The molecule has 0 aliphatic heterocycles. The fourth-order valence-electron chi connectivity index (χ4n) is 2.79. The molecule has 0 saturated heterocycles. The second kappa shape index (κ2) is 5.03. The minimum atomic E-state index is -1.06. The Balaban J connectivity index is 2.66. The first-order chi connectivity index (χ1) is 6.86. The van der Waals surface area contributed by atoms with E-state index >= 15 is 0 Å². The molecule has 1 saturated carbocycles. The van der Waals surface area contributed by atoms with Crippen molar-refractivity contribution in [3.63, 3.8) is 0 Å². The average Bonchev–Trinajstić information content (AvgIpc) is 1.99. The highest BCUT2D eigenvalue weighted by Crippen LogP contribution is 2.48. The second-order valence-electron chi connectivity index (χ2n) is 7.01. The predicted octanol–water partition coefficient (Wildman–Crippen LogP) is 5.61. The van der Waals surface area contributed by atoms with Crippen LogP contribution in [-0.4, -0.2) is 8.07 Å². The highest BCUT2D eigenvalue weighted by atomic mass is 28.3. The first kappa shape index (κ1) is 13.3. The molecule has 0 spiro atoms. The van der Waals surface area contributed by atoms with E-state index in [2.05, 4.69) is 33.9 Å². The average molecular weight is 226 g/mol. The Hall–Kier alpha value is 0.217. The molecule has 0 aromatic heterocycles. The van der Waals surface area contributed by atoms with Gasteiger partial charge in [0.2, 0.25) is 0 Å². The molecule has 0 amide bonds. The van der Waals surface area contributed by atoms with E-state index in [0.717, 1.165) is 5.54 Å². The lowest BCUT2D eigenvalue weighted by molar-refractivity contribution is 0.484. The van der Waals surface area contributed by atoms with Gasteiger partial charge in [-0.3, -0.25) is 0 Å². The lowest BCUT2D eigenvalue weighted by atomic mass is 10.0. The maximum absolute atomic E-state index is 2.62. The Labute approximate surface area is 97.9 Å². The Morgan fingerprint density at radius 3 is 1.60 bits per heavy atom. The maximum Gasteiger partial charge on any atom is 0.0558 e. The van der Waals surface area contributed by atoms with E-state index in [9.17, 15) is 0 Å². The first-order valence-electron chi connectivity index (χ1n) is 6.86. The molecule has 0 aromatic carbocycles. The molecule has 1 fully saturated rings. The van der Waals surface area contributed by atoms with E-state index in [4.69, 9.17) is 0 Å². The summed E-state index contributed by atoms with van der Waals surface area (Å²) in [6.07, 6.45) is 10.5. The van der Waals surface area contributed by atoms with Crippen molar-refractivity contribution < 1.29 is 0 Å². The molecule has 1 aliphatic rings. The largest absolute Gasteiger partial charge is 0.0688 e. The van der Waals surface area contributed by atoms with Gasteiger partial charge in [0.05, 0.1) is 8.07 Å². The summed E-state index contributed by atoms with van der Waals surface area (Å²) in [6, 6.07) is 0. The van der Waals surface area contributed by atoms with Crippen molar-refractivity contribution in [2.75, 3.05) is 0 Å². The summed E-state index contributed by atoms with van der Waals surface area (Å²) in [7, 11) is -1.06. The van der Waals surface area contributed by atoms with Crippen LogP contribution >= 0.6 is 0 Å². The zero-order valence-corrected chi connectivity index (χ0v) is 12.5. The van der Waals surface area contributed by atoms with Gasteiger partial charge < -0.3 is 0 Å². The van der Waals surface area contributed by atoms with Crippen LogP contribution in [0.5, 0.6) is 0 Å². The van der Waals surface area contributed by atoms with Gasteiger partial charge in [-0.05, 0) is 10.6 Å². The molecule has 1 rings (SSSR count). The SMILES string of the molecule is CC(C)(C)[Si](C)(C)C1CCCCCCC1. The number of hydrogen-bond donors (Lipinski definition) is 0. The van der Waals surface area contributed by atoms with Crippen LogP contribution in [0.3, 0.4) is 0 Å². The van der Waals surface area contributed by atoms with Crippen molar-refractivity contribution in [2.45, 2.75) is 89.4 Å². The molecule has 90 valence electrons. The van der Waals surface area contributed by atoms with Crippen molar-refractivity contribution in [1.29, 1.82) is 0 Å². The van der Waals surface area contributed by atoms with Gasteiger partial charge in [-0.1, -0.05) is 78.8 Å². The molecule has 15 heavy (non-hydrogen) atoms. The smallest absolute Gasteiger partial charge is 0.0558 e. The lowest BCUT2D eigenvalue weighted by Gasteiger charge is -2.44. The third kappa shape index (κ3) is 3.34. The van der Waals surface area contributed by atoms with Gasteiger partial charge in [0.1, 0.15) is 0 Å². The molecular formula is C14H30Si. The molecule has 0 heterocycles. The summed E-state index contributed by atoms with van der Waals surface area (Å²) in [6.45, 7) is 12.7. The minimum absolute atomic E-state index is 0.580. The van der Waals surface area contributed by atoms with Gasteiger partial charge in [0, 0.05) is 0 Å². The van der Waals surface area contributed by atoms with Gasteiger partial charge in [-0.15, -0.1) is 0 Å². The van der Waals surface area contributed by atoms with E-state index in [1.807, 2.05) is 0 Å². The molecule has 0 atom stereocenters. The Kier molecular flexibility index (Phi) is 4.46. The fourth-order valence-corrected chi connectivity index (χ4v) is 5.87. The van der Waals surface area contributed by atoms with Crippen LogP contribution < -0.4 is 0 Å². The van der Waals surface area contributed by atoms with Crippen molar-refractivity contribution in [1.82, 2.24) is 0 Å². The van der Waals surface area contributed by atoms with E-state index in [0.29, 0.717) is 5.04 Å². The molecule has 1 aliphatic carbocycles. The molecule has 1 heteroatoms. The molecule has 0 nitrogen and oxygen atoms in total. The van der Waals surface area contributed by atoms with Crippen molar-refractivity contribution >= 4 is 8.07 Å². The van der Waals surface area contributed by atoms with Crippen molar-refractivity contribution in [2.24, 2.45) is 0 Å². The summed E-state index contributed by atoms with van der Waals surface area (Å²) in [4.78, 5) is 0. The van der Waals surface area contributed by atoms with Crippen molar-refractivity contribution in [3.05, 3.63) is 0 Å². The molecular weight excluding hydrogens is 196 g/mol. The van der Waals surface area contributed by atoms with Crippen molar-refractivity contribution in [3.8, 4) is 0 Å². The zero-order chi connectivity index (χ0) is 11.5. The van der Waals surface area contributed by atoms with Crippen LogP contribution in [0.4, 0.5) is 0 Å². The predicted molar refractivity (Wildman–Crippen MR) is 73.3 cm³/mol. The zero-order valence-electron chi connectivity index (χ0n) is 11.5. The van der Waals surface area contributed by atoms with Crippen LogP contribution in [0, 0.1) is 0 Å². The maximum atomic E-state index is 2.62. The van der Waals surface area contributed by atoms with Crippen LogP contribution in [0.1, 0.15) is 65.7 Å². The Morgan fingerprint density at radius 2 is 1.20 bits per heavy atom. The first-order valence-corrected chi connectivity index (χ1v) is 9.93. The normalized spacial score (nSPS) is 22.2. The molecule has 0 N–H and O–H groups in total. The summed E-state index contributed by atoms with van der Waals surface area (Å²) in [5, 5.41) is 0.580. The van der Waals surface area contributed by atoms with Crippen LogP contribution in [-0.2, 0) is 0 Å². The third-order valence-electron chi connectivity index (χ3n) is 5.06. The minimum Gasteiger partial charge on any atom is -0.0688 e. The molecule has 0 aromatic rings. The van der Waals surface area contributed by atoms with E-state index in [-0.39, 0.29) is 0 Å². The summed E-state index contributed by atoms with van der Waals surface area (Å²) in [5.74, 6) is 0. The van der Waals surface area contributed by atoms with E-state index < -0.39 is 8.07 Å². The van der Waals surface area contributed by atoms with Gasteiger partial charge >= 0.3 is 0 Å². The topological polar surface area (TPSA) is 0 Å². The monoisotopic (exact) mass is 226 g/mol. The van der Waals surface area contributed by atoms with Gasteiger partial charge in [-0.25, -0.2) is 0 Å². The molecule has 0 unspecified atom stereocenters. The summed E-state index contributed by atoms with van der Waals surface area (Å²) < 4.78 is 0. The number of hydrogen-bond acceptors (Lipinski definition) is 0. The molecule has 0 radical (unpaired) electrons. The van der Waals surface area contributed by atoms with Gasteiger partial charge in [-0.2, -0.15) is 0 Å². The van der Waals surface area contributed by atoms with Gasteiger partial charge in [0.15, 0.2) is 0 Å². The highest BCUT2D eigenvalue weighted by molar-refractivity contribution is 6.81. The Bertz CT molecular complexity index is 180. The van der Waals surface area contributed by atoms with Crippen LogP contribution in [0.15, 0.2) is 0 Å². The summed E-state index contributed by atoms with van der Waals surface area (Å²) in [5.41, 5.74) is 1.08.